The summed E-state index contributed by atoms with van der Waals surface area (Å²) in [5.41, 5.74) is 1.46. The molecule has 0 N–H and O–H groups in total. The predicted molar refractivity (Wildman–Crippen MR) is 72.7 cm³/mol. The molecule has 0 bridgehead atoms. The Hall–Kier alpha value is -1.21. The molecule has 80 valence electrons. The van der Waals surface area contributed by atoms with Crippen molar-refractivity contribution >= 4 is 23.4 Å². The van der Waals surface area contributed by atoms with Gasteiger partial charge in [0.2, 0.25) is 0 Å². The van der Waals surface area contributed by atoms with Crippen molar-refractivity contribution < 1.29 is 0 Å². The molecule has 0 nitrogen and oxygen atoms in total. The topological polar surface area (TPSA) is 0 Å². The lowest BCUT2D eigenvalue weighted by Crippen LogP contribution is -2.30. The van der Waals surface area contributed by atoms with Gasteiger partial charge in [-0.2, -0.15) is 0 Å². The lowest BCUT2D eigenvalue weighted by molar-refractivity contribution is 1.25. The van der Waals surface area contributed by atoms with Gasteiger partial charge < -0.3 is 0 Å². The van der Waals surface area contributed by atoms with Gasteiger partial charge in [0, 0.05) is 5.25 Å². The van der Waals surface area contributed by atoms with E-state index in [1.807, 2.05) is 11.8 Å². The van der Waals surface area contributed by atoms with Crippen LogP contribution in [0.3, 0.4) is 0 Å². The predicted octanol–water partition coefficient (Wildman–Crippen LogP) is 2.25. The van der Waals surface area contributed by atoms with Gasteiger partial charge in [0.15, 0.2) is 0 Å². The zero-order chi connectivity index (χ0) is 10.8. The van der Waals surface area contributed by atoms with Gasteiger partial charge in [0.05, 0.1) is 0 Å². The molecule has 0 spiro atoms. The molecule has 0 fully saturated rings. The number of hydrogen-bond donors (Lipinski definition) is 0. The molecule has 1 atom stereocenters. The molecule has 0 amide bonds. The Kier molecular flexibility index (Phi) is 2.71. The van der Waals surface area contributed by atoms with Crippen molar-refractivity contribution in [3.8, 4) is 0 Å². The maximum absolute atomic E-state index is 2.36. The second-order valence-corrected chi connectivity index (χ2v) is 5.32. The number of hydrogen-bond acceptors (Lipinski definition) is 1. The largest absolute Gasteiger partial charge is 0.149 e. The Morgan fingerprint density at radius 1 is 1.12 bits per heavy atom. The van der Waals surface area contributed by atoms with E-state index in [0.717, 1.165) is 0 Å². The lowest BCUT2D eigenvalue weighted by Gasteiger charge is -2.18. The van der Waals surface area contributed by atoms with Gasteiger partial charge in [-0.15, -0.1) is 11.8 Å². The quantitative estimate of drug-likeness (QED) is 0.654. The molecule has 2 aliphatic rings. The number of thioether (sulfide) groups is 1. The third kappa shape index (κ3) is 1.76. The van der Waals surface area contributed by atoms with Crippen LogP contribution in [0.4, 0.5) is 0 Å². The molecule has 16 heavy (non-hydrogen) atoms. The molecule has 0 saturated carbocycles. The second-order valence-electron chi connectivity index (χ2n) is 4.07. The third-order valence-corrected chi connectivity index (χ3v) is 4.27. The summed E-state index contributed by atoms with van der Waals surface area (Å²) in [5.74, 6) is 1.21. The van der Waals surface area contributed by atoms with Gasteiger partial charge in [-0.25, -0.2) is 0 Å². The second kappa shape index (κ2) is 4.34. The van der Waals surface area contributed by atoms with Crippen molar-refractivity contribution in [2.45, 2.75) is 11.7 Å². The highest BCUT2D eigenvalue weighted by atomic mass is 32.2. The smallest absolute Gasteiger partial charge is 0.0486 e. The summed E-state index contributed by atoms with van der Waals surface area (Å²) in [7, 11) is 0. The van der Waals surface area contributed by atoms with E-state index in [1.165, 1.54) is 28.2 Å². The van der Waals surface area contributed by atoms with Crippen LogP contribution >= 0.6 is 11.8 Å². The minimum Gasteiger partial charge on any atom is -0.149 e. The summed E-state index contributed by atoms with van der Waals surface area (Å²) in [6, 6.07) is 8.72. The highest BCUT2D eigenvalue weighted by molar-refractivity contribution is 8.00. The highest BCUT2D eigenvalue weighted by Gasteiger charge is 2.13. The Morgan fingerprint density at radius 3 is 3.06 bits per heavy atom. The van der Waals surface area contributed by atoms with Gasteiger partial charge in [0.25, 0.3) is 0 Å². The van der Waals surface area contributed by atoms with Gasteiger partial charge in [-0.3, -0.25) is 0 Å². The van der Waals surface area contributed by atoms with Gasteiger partial charge in [-0.05, 0) is 28.2 Å². The SMILES string of the molecule is C1=C/C2=c3\ccccc3=CCCSC2C=C1. The molecule has 0 saturated heterocycles. The number of benzene rings is 1. The van der Waals surface area contributed by atoms with Crippen molar-refractivity contribution in [1.82, 2.24) is 0 Å². The molecular formula is C15H14S. The molecule has 1 aliphatic heterocycles. The van der Waals surface area contributed by atoms with Crippen LogP contribution in [-0.2, 0) is 0 Å². The van der Waals surface area contributed by atoms with E-state index < -0.39 is 0 Å². The van der Waals surface area contributed by atoms with E-state index >= 15 is 0 Å². The minimum absolute atomic E-state index is 0.542. The van der Waals surface area contributed by atoms with Crippen LogP contribution < -0.4 is 10.4 Å². The first kappa shape index (κ1) is 9.98. The Balaban J connectivity index is 2.35. The molecule has 3 rings (SSSR count). The molecular weight excluding hydrogens is 212 g/mol. The summed E-state index contributed by atoms with van der Waals surface area (Å²) in [6.45, 7) is 0. The van der Waals surface area contributed by atoms with Crippen molar-refractivity contribution in [3.63, 3.8) is 0 Å². The van der Waals surface area contributed by atoms with Crippen LogP contribution in [-0.4, -0.2) is 11.0 Å². The molecule has 1 heterocycles. The first-order chi connectivity index (χ1) is 7.95. The van der Waals surface area contributed by atoms with Crippen LogP contribution in [0.2, 0.25) is 0 Å². The Bertz CT molecular complexity index is 563. The molecule has 1 aliphatic carbocycles. The highest BCUT2D eigenvalue weighted by Crippen LogP contribution is 2.26. The Labute approximate surface area is 100 Å². The summed E-state index contributed by atoms with van der Waals surface area (Å²) in [4.78, 5) is 0. The third-order valence-electron chi connectivity index (χ3n) is 3.03. The average Bonchev–Trinajstić information content (AvgIpc) is 2.33. The van der Waals surface area contributed by atoms with Crippen LogP contribution in [0.15, 0.2) is 48.6 Å². The molecule has 1 heteroatoms. The zero-order valence-corrected chi connectivity index (χ0v) is 9.91. The van der Waals surface area contributed by atoms with E-state index in [0.29, 0.717) is 5.25 Å². The fraction of sp³-hybridized carbons (Fsp3) is 0.200. The van der Waals surface area contributed by atoms with E-state index in [9.17, 15) is 0 Å². The van der Waals surface area contributed by atoms with Crippen LogP contribution in [0.5, 0.6) is 0 Å². The first-order valence-electron chi connectivity index (χ1n) is 5.71. The Morgan fingerprint density at radius 2 is 2.06 bits per heavy atom. The summed E-state index contributed by atoms with van der Waals surface area (Å²) < 4.78 is 0. The summed E-state index contributed by atoms with van der Waals surface area (Å²) >= 11 is 2.04. The first-order valence-corrected chi connectivity index (χ1v) is 6.76. The van der Waals surface area contributed by atoms with E-state index in [4.69, 9.17) is 0 Å². The summed E-state index contributed by atoms with van der Waals surface area (Å²) in [5, 5.41) is 3.34. The number of rotatable bonds is 0. The fourth-order valence-corrected chi connectivity index (χ4v) is 3.35. The van der Waals surface area contributed by atoms with E-state index in [-0.39, 0.29) is 0 Å². The van der Waals surface area contributed by atoms with Gasteiger partial charge in [-0.1, -0.05) is 54.6 Å². The van der Waals surface area contributed by atoms with Crippen LogP contribution in [0.25, 0.3) is 11.6 Å². The van der Waals surface area contributed by atoms with Crippen molar-refractivity contribution in [1.29, 1.82) is 0 Å². The fourth-order valence-electron chi connectivity index (χ4n) is 2.26. The van der Waals surface area contributed by atoms with Crippen molar-refractivity contribution in [3.05, 3.63) is 59.0 Å². The van der Waals surface area contributed by atoms with E-state index in [1.54, 1.807) is 0 Å². The maximum Gasteiger partial charge on any atom is 0.0486 e. The molecule has 1 aromatic rings. The minimum atomic E-state index is 0.542. The normalized spacial score (nSPS) is 26.1. The molecule has 1 aromatic carbocycles. The van der Waals surface area contributed by atoms with Crippen molar-refractivity contribution in [2.24, 2.45) is 0 Å². The standard InChI is InChI=1S/C15H14S/c1-2-8-13-12(6-1)7-5-11-16-15-10-4-3-9-14(13)15/h1-4,6-10,15H,5,11H2/b12-7?,14-13-. The zero-order valence-electron chi connectivity index (χ0n) is 9.10. The van der Waals surface area contributed by atoms with Crippen LogP contribution in [0, 0.1) is 0 Å². The summed E-state index contributed by atoms with van der Waals surface area (Å²) in [6.07, 6.45) is 12.4. The van der Waals surface area contributed by atoms with Gasteiger partial charge in [0.1, 0.15) is 0 Å². The lowest BCUT2D eigenvalue weighted by atomic mass is 10.0. The monoisotopic (exact) mass is 226 g/mol. The molecule has 1 unspecified atom stereocenters. The van der Waals surface area contributed by atoms with E-state index in [2.05, 4.69) is 54.6 Å². The van der Waals surface area contributed by atoms with Crippen LogP contribution in [0.1, 0.15) is 6.42 Å². The maximum atomic E-state index is 2.36. The van der Waals surface area contributed by atoms with Gasteiger partial charge >= 0.3 is 0 Å². The molecule has 0 radical (unpaired) electrons. The average molecular weight is 226 g/mol. The number of allylic oxidation sites excluding steroid dienone is 3. The van der Waals surface area contributed by atoms with Crippen molar-refractivity contribution in [2.75, 3.05) is 5.75 Å². The number of fused-ring (bicyclic) bond motifs is 2. The molecule has 0 aromatic heterocycles.